The third kappa shape index (κ3) is 4.14. The first kappa shape index (κ1) is 19.5. The van der Waals surface area contributed by atoms with Crippen LogP contribution in [0.25, 0.3) is 0 Å². The van der Waals surface area contributed by atoms with Crippen LogP contribution in [0.15, 0.2) is 85.2 Å². The second kappa shape index (κ2) is 8.71. The van der Waals surface area contributed by atoms with Crippen molar-refractivity contribution < 1.29 is 0 Å². The van der Waals surface area contributed by atoms with E-state index in [-0.39, 0.29) is 0 Å². The number of nitrogens with one attached hydrogen (secondary N) is 2. The first-order valence-corrected chi connectivity index (χ1v) is 9.81. The summed E-state index contributed by atoms with van der Waals surface area (Å²) in [4.78, 5) is 8.67. The van der Waals surface area contributed by atoms with Crippen LogP contribution in [0.2, 0.25) is 5.02 Å². The number of benzene rings is 3. The highest BCUT2D eigenvalue weighted by molar-refractivity contribution is 6.31. The van der Waals surface area contributed by atoms with Crippen LogP contribution >= 0.6 is 11.6 Å². The van der Waals surface area contributed by atoms with Gasteiger partial charge in [-0.05, 0) is 48.9 Å². The summed E-state index contributed by atoms with van der Waals surface area (Å²) in [6, 6.07) is 25.5. The Morgan fingerprint density at radius 1 is 0.800 bits per heavy atom. The van der Waals surface area contributed by atoms with E-state index in [9.17, 15) is 0 Å². The van der Waals surface area contributed by atoms with Crippen LogP contribution in [0.1, 0.15) is 5.56 Å². The molecule has 1 heterocycles. The zero-order valence-corrected chi connectivity index (χ0v) is 17.1. The van der Waals surface area contributed by atoms with Gasteiger partial charge in [0, 0.05) is 10.7 Å². The van der Waals surface area contributed by atoms with Crippen LogP contribution in [-0.2, 0) is 0 Å². The summed E-state index contributed by atoms with van der Waals surface area (Å²) < 4.78 is 0. The molecule has 0 aliphatic rings. The summed E-state index contributed by atoms with van der Waals surface area (Å²) in [5.74, 6) is 0.985. The third-order valence-electron chi connectivity index (χ3n) is 4.65. The molecular weight excluding hydrogens is 396 g/mol. The molecule has 1 aromatic heterocycles. The van der Waals surface area contributed by atoms with Crippen LogP contribution in [0, 0.1) is 6.92 Å². The summed E-state index contributed by atoms with van der Waals surface area (Å²) >= 11 is 6.23. The number of hydrazine groups is 1. The average Bonchev–Trinajstić information content (AvgIpc) is 2.78. The molecule has 3 aromatic carbocycles. The van der Waals surface area contributed by atoms with Gasteiger partial charge in [0.05, 0.1) is 11.4 Å². The number of nitrogens with two attached hydrogens (primary N) is 1. The number of aromatic nitrogens is 2. The minimum absolute atomic E-state index is 0.397. The van der Waals surface area contributed by atoms with Crippen molar-refractivity contribution in [2.45, 2.75) is 6.92 Å². The van der Waals surface area contributed by atoms with Gasteiger partial charge in [0.25, 0.3) is 0 Å². The quantitative estimate of drug-likeness (QED) is 0.338. The molecule has 0 aliphatic heterocycles. The highest BCUT2D eigenvalue weighted by atomic mass is 35.5. The first-order valence-electron chi connectivity index (χ1n) is 9.43. The number of nitrogen functional groups attached to an aromatic ring is 1. The number of hydrogen-bond acceptors (Lipinski definition) is 6. The number of hydrogen-bond donors (Lipinski definition) is 3. The Morgan fingerprint density at radius 3 is 2.03 bits per heavy atom. The zero-order valence-electron chi connectivity index (χ0n) is 16.4. The number of nitrogens with zero attached hydrogens (tertiary/aromatic N) is 3. The van der Waals surface area contributed by atoms with Gasteiger partial charge in [0.1, 0.15) is 12.0 Å². The molecular formula is C23H21ClN6. The maximum Gasteiger partial charge on any atom is 0.173 e. The topological polar surface area (TPSA) is 79.1 Å². The lowest BCUT2D eigenvalue weighted by atomic mass is 10.2. The van der Waals surface area contributed by atoms with Gasteiger partial charge in [0.2, 0.25) is 0 Å². The maximum absolute atomic E-state index is 6.41. The fourth-order valence-corrected chi connectivity index (χ4v) is 3.17. The second-order valence-corrected chi connectivity index (χ2v) is 7.05. The average molecular weight is 417 g/mol. The SMILES string of the molecule is Cc1c(Cl)cccc1Nc1ncnc(NN(c2ccccc2)c2ccccc2)c1N. The van der Waals surface area contributed by atoms with Crippen molar-refractivity contribution in [3.63, 3.8) is 0 Å². The Hall–Kier alpha value is -3.77. The van der Waals surface area contributed by atoms with Gasteiger partial charge >= 0.3 is 0 Å². The van der Waals surface area contributed by atoms with Crippen LogP contribution in [-0.4, -0.2) is 9.97 Å². The molecule has 0 fully saturated rings. The predicted octanol–water partition coefficient (Wildman–Crippen LogP) is 5.93. The van der Waals surface area contributed by atoms with Crippen molar-refractivity contribution in [3.05, 3.63) is 95.8 Å². The van der Waals surface area contributed by atoms with Gasteiger partial charge in [-0.25, -0.2) is 9.97 Å². The Labute approximate surface area is 180 Å². The van der Waals surface area contributed by atoms with Crippen LogP contribution < -0.4 is 21.5 Å². The molecule has 4 N–H and O–H groups in total. The van der Waals surface area contributed by atoms with E-state index in [2.05, 4.69) is 20.7 Å². The van der Waals surface area contributed by atoms with Crippen molar-refractivity contribution in [3.8, 4) is 0 Å². The van der Waals surface area contributed by atoms with Crippen molar-refractivity contribution in [2.24, 2.45) is 0 Å². The Morgan fingerprint density at radius 2 is 1.40 bits per heavy atom. The molecule has 0 bridgehead atoms. The van der Waals surface area contributed by atoms with E-state index in [0.717, 1.165) is 22.6 Å². The number of rotatable bonds is 6. The summed E-state index contributed by atoms with van der Waals surface area (Å²) in [5, 5.41) is 5.85. The molecule has 4 rings (SSSR count). The standard InChI is InChI=1S/C23H21ClN6/c1-16-19(24)13-8-14-20(16)28-22-21(25)23(27-15-26-22)29-30(17-9-4-2-5-10-17)18-11-6-3-7-12-18/h2-15H,25H2,1H3,(H2,26,27,28,29). The molecule has 0 saturated heterocycles. The molecule has 0 aliphatic carbocycles. The van der Waals surface area contributed by atoms with Gasteiger partial charge in [0.15, 0.2) is 11.6 Å². The lowest BCUT2D eigenvalue weighted by molar-refractivity contribution is 1.09. The van der Waals surface area contributed by atoms with Crippen molar-refractivity contribution in [1.82, 2.24) is 9.97 Å². The summed E-state index contributed by atoms with van der Waals surface area (Å²) in [7, 11) is 0. The molecule has 30 heavy (non-hydrogen) atoms. The van der Waals surface area contributed by atoms with Gasteiger partial charge in [-0.3, -0.25) is 10.4 Å². The van der Waals surface area contributed by atoms with E-state index >= 15 is 0 Å². The number of anilines is 6. The fourth-order valence-electron chi connectivity index (χ4n) is 2.99. The third-order valence-corrected chi connectivity index (χ3v) is 5.06. The van der Waals surface area contributed by atoms with Gasteiger partial charge < -0.3 is 11.1 Å². The van der Waals surface area contributed by atoms with E-state index < -0.39 is 0 Å². The fraction of sp³-hybridized carbons (Fsp3) is 0.0435. The normalized spacial score (nSPS) is 10.5. The molecule has 0 atom stereocenters. The van der Waals surface area contributed by atoms with Crippen molar-refractivity contribution in [1.29, 1.82) is 0 Å². The van der Waals surface area contributed by atoms with Crippen molar-refractivity contribution in [2.75, 3.05) is 21.5 Å². The number of halogens is 1. The molecule has 0 saturated carbocycles. The Bertz CT molecular complexity index is 1100. The van der Waals surface area contributed by atoms with E-state index in [1.165, 1.54) is 6.33 Å². The van der Waals surface area contributed by atoms with E-state index in [0.29, 0.717) is 22.3 Å². The number of para-hydroxylation sites is 2. The minimum atomic E-state index is 0.397. The Kier molecular flexibility index (Phi) is 5.68. The van der Waals surface area contributed by atoms with E-state index in [4.69, 9.17) is 17.3 Å². The van der Waals surface area contributed by atoms with E-state index in [1.54, 1.807) is 0 Å². The lowest BCUT2D eigenvalue weighted by Crippen LogP contribution is -2.26. The lowest BCUT2D eigenvalue weighted by Gasteiger charge is -2.27. The first-order chi connectivity index (χ1) is 14.6. The molecule has 4 aromatic rings. The monoisotopic (exact) mass is 416 g/mol. The smallest absolute Gasteiger partial charge is 0.173 e. The summed E-state index contributed by atoms with van der Waals surface area (Å²) in [6.07, 6.45) is 1.47. The highest BCUT2D eigenvalue weighted by Gasteiger charge is 2.15. The highest BCUT2D eigenvalue weighted by Crippen LogP contribution is 2.32. The van der Waals surface area contributed by atoms with Gasteiger partial charge in [-0.2, -0.15) is 0 Å². The molecule has 0 unspecified atom stereocenters. The second-order valence-electron chi connectivity index (χ2n) is 6.64. The zero-order chi connectivity index (χ0) is 20.9. The van der Waals surface area contributed by atoms with Crippen molar-refractivity contribution >= 4 is 46.0 Å². The van der Waals surface area contributed by atoms with E-state index in [1.807, 2.05) is 90.8 Å². The van der Waals surface area contributed by atoms with Crippen LogP contribution in [0.5, 0.6) is 0 Å². The molecule has 0 spiro atoms. The molecule has 150 valence electrons. The van der Waals surface area contributed by atoms with Crippen LogP contribution in [0.3, 0.4) is 0 Å². The van der Waals surface area contributed by atoms with Gasteiger partial charge in [-0.1, -0.05) is 54.1 Å². The molecule has 0 radical (unpaired) electrons. The summed E-state index contributed by atoms with van der Waals surface area (Å²) in [5.41, 5.74) is 13.8. The maximum atomic E-state index is 6.41. The molecule has 0 amide bonds. The Balaban J connectivity index is 1.68. The molecule has 7 heteroatoms. The van der Waals surface area contributed by atoms with Crippen LogP contribution in [0.4, 0.5) is 34.4 Å². The predicted molar refractivity (Wildman–Crippen MR) is 125 cm³/mol. The summed E-state index contributed by atoms with van der Waals surface area (Å²) in [6.45, 7) is 1.94. The minimum Gasteiger partial charge on any atom is -0.393 e. The molecule has 6 nitrogen and oxygen atoms in total. The van der Waals surface area contributed by atoms with Gasteiger partial charge in [-0.15, -0.1) is 0 Å². The largest absolute Gasteiger partial charge is 0.393 e.